The van der Waals surface area contributed by atoms with E-state index in [1.54, 1.807) is 19.1 Å². The summed E-state index contributed by atoms with van der Waals surface area (Å²) in [6.07, 6.45) is 0.160. The Morgan fingerprint density at radius 2 is 1.88 bits per heavy atom. The number of amides is 1. The van der Waals surface area contributed by atoms with E-state index in [0.29, 0.717) is 4.90 Å². The maximum atomic E-state index is 12.3. The fraction of sp³-hybridized carbons (Fsp3) is 0.529. The zero-order valence-electron chi connectivity index (χ0n) is 15.2. The average Bonchev–Trinajstić information content (AvgIpc) is 2.52. The van der Waals surface area contributed by atoms with Crippen LogP contribution in [0.4, 0.5) is 5.69 Å². The van der Waals surface area contributed by atoms with E-state index in [9.17, 15) is 24.8 Å². The molecule has 0 aliphatic rings. The maximum absolute atomic E-state index is 12.3. The number of carbonyl (C=O) groups excluding carboxylic acids is 1. The number of nitrogens with zero attached hydrogens (tertiary/aromatic N) is 1. The van der Waals surface area contributed by atoms with Crippen LogP contribution in [-0.2, 0) is 14.3 Å². The van der Waals surface area contributed by atoms with Crippen LogP contribution in [0.3, 0.4) is 0 Å². The molecule has 0 fully saturated rings. The maximum Gasteiger partial charge on any atom is 0.326 e. The molecule has 0 bridgehead atoms. The number of nitro groups is 1. The number of non-ortho nitro benzene ring substituents is 1. The molecule has 0 spiro atoms. The first-order valence-electron chi connectivity index (χ1n) is 8.08. The van der Waals surface area contributed by atoms with Crippen LogP contribution in [0.1, 0.15) is 34.1 Å². The summed E-state index contributed by atoms with van der Waals surface area (Å²) in [4.78, 5) is 34.4. The van der Waals surface area contributed by atoms with Crippen molar-refractivity contribution < 1.29 is 24.4 Å². The van der Waals surface area contributed by atoms with Gasteiger partial charge in [-0.1, -0.05) is 0 Å². The molecule has 1 rings (SSSR count). The van der Waals surface area contributed by atoms with E-state index in [4.69, 9.17) is 4.74 Å². The third kappa shape index (κ3) is 7.83. The van der Waals surface area contributed by atoms with E-state index in [1.807, 2.05) is 20.8 Å². The minimum absolute atomic E-state index is 0.0313. The summed E-state index contributed by atoms with van der Waals surface area (Å²) in [5.74, 6) is -1.54. The topological polar surface area (TPSA) is 119 Å². The largest absolute Gasteiger partial charge is 0.480 e. The van der Waals surface area contributed by atoms with E-state index < -0.39 is 28.1 Å². The monoisotopic (exact) mass is 384 g/mol. The van der Waals surface area contributed by atoms with Gasteiger partial charge in [0, 0.05) is 30.1 Å². The summed E-state index contributed by atoms with van der Waals surface area (Å²) in [5, 5.41) is 21.9. The van der Waals surface area contributed by atoms with Gasteiger partial charge in [-0.25, -0.2) is 4.79 Å². The van der Waals surface area contributed by atoms with Crippen LogP contribution in [0.25, 0.3) is 0 Å². The van der Waals surface area contributed by atoms with Gasteiger partial charge in [0.15, 0.2) is 0 Å². The molecule has 8 nitrogen and oxygen atoms in total. The number of rotatable bonds is 9. The number of carboxylic acid groups (broad SMARTS) is 1. The number of carbonyl (C=O) groups is 2. The lowest BCUT2D eigenvalue weighted by atomic mass is 10.1. The highest BCUT2D eigenvalue weighted by Gasteiger charge is 2.24. The standard InChI is InChI=1S/C17H24N2O6S/c1-11(26-13-7-5-12(6-8-13)19(23)24)15(20)18-14(16(21)22)9-10-25-17(2,3)4/h5-8,11,14H,9-10H2,1-4H3,(H,18,20)(H,21,22). The highest BCUT2D eigenvalue weighted by Crippen LogP contribution is 2.25. The fourth-order valence-electron chi connectivity index (χ4n) is 1.93. The van der Waals surface area contributed by atoms with Gasteiger partial charge in [-0.05, 0) is 39.8 Å². The summed E-state index contributed by atoms with van der Waals surface area (Å²) in [7, 11) is 0. The minimum atomic E-state index is -1.12. The zero-order chi connectivity index (χ0) is 19.9. The van der Waals surface area contributed by atoms with Crippen LogP contribution in [0, 0.1) is 10.1 Å². The van der Waals surface area contributed by atoms with Gasteiger partial charge in [0.05, 0.1) is 15.8 Å². The number of benzene rings is 1. The lowest BCUT2D eigenvalue weighted by Gasteiger charge is -2.22. The lowest BCUT2D eigenvalue weighted by molar-refractivity contribution is -0.384. The Morgan fingerprint density at radius 3 is 2.35 bits per heavy atom. The van der Waals surface area contributed by atoms with Crippen molar-refractivity contribution in [1.82, 2.24) is 5.32 Å². The second-order valence-electron chi connectivity index (χ2n) is 6.66. The third-order valence-corrected chi connectivity index (χ3v) is 4.40. The molecule has 9 heteroatoms. The van der Waals surface area contributed by atoms with Crippen LogP contribution >= 0.6 is 11.8 Å². The van der Waals surface area contributed by atoms with Crippen molar-refractivity contribution in [2.75, 3.05) is 6.61 Å². The summed E-state index contributed by atoms with van der Waals surface area (Å²) in [6.45, 7) is 7.45. The predicted octanol–water partition coefficient (Wildman–Crippen LogP) is 2.85. The van der Waals surface area contributed by atoms with Gasteiger partial charge in [-0.15, -0.1) is 11.8 Å². The summed E-state index contributed by atoms with van der Waals surface area (Å²) in [6, 6.07) is 4.79. The van der Waals surface area contributed by atoms with Crippen molar-refractivity contribution in [1.29, 1.82) is 0 Å². The van der Waals surface area contributed by atoms with E-state index in [2.05, 4.69) is 5.32 Å². The SMILES string of the molecule is CC(Sc1ccc([N+](=O)[O-])cc1)C(=O)NC(CCOC(C)(C)C)C(=O)O. The average molecular weight is 384 g/mol. The molecule has 2 unspecified atom stereocenters. The lowest BCUT2D eigenvalue weighted by Crippen LogP contribution is -2.44. The highest BCUT2D eigenvalue weighted by molar-refractivity contribution is 8.00. The quantitative estimate of drug-likeness (QED) is 0.382. The van der Waals surface area contributed by atoms with Crippen LogP contribution < -0.4 is 5.32 Å². The Hall–Kier alpha value is -2.13. The first-order chi connectivity index (χ1) is 12.0. The molecule has 1 aromatic carbocycles. The second-order valence-corrected chi connectivity index (χ2v) is 8.07. The first kappa shape index (κ1) is 21.9. The van der Waals surface area contributed by atoms with Crippen LogP contribution in [0.15, 0.2) is 29.2 Å². The van der Waals surface area contributed by atoms with Gasteiger partial charge in [0.2, 0.25) is 5.91 Å². The zero-order valence-corrected chi connectivity index (χ0v) is 16.0. The Bertz CT molecular complexity index is 642. The molecule has 1 aromatic rings. The number of hydrogen-bond donors (Lipinski definition) is 2. The van der Waals surface area contributed by atoms with Crippen LogP contribution in [0.2, 0.25) is 0 Å². The number of carboxylic acids is 1. The smallest absolute Gasteiger partial charge is 0.326 e. The van der Waals surface area contributed by atoms with Crippen molar-refractivity contribution in [2.45, 2.75) is 55.9 Å². The van der Waals surface area contributed by atoms with Crippen molar-refractivity contribution >= 4 is 29.3 Å². The molecule has 0 heterocycles. The number of nitrogens with one attached hydrogen (secondary N) is 1. The van der Waals surface area contributed by atoms with Gasteiger partial charge in [0.25, 0.3) is 5.69 Å². The van der Waals surface area contributed by atoms with E-state index in [1.165, 1.54) is 23.9 Å². The molecule has 0 aliphatic carbocycles. The molecule has 26 heavy (non-hydrogen) atoms. The summed E-state index contributed by atoms with van der Waals surface area (Å²) < 4.78 is 5.50. The second kappa shape index (κ2) is 9.54. The van der Waals surface area contributed by atoms with Crippen molar-refractivity contribution in [2.24, 2.45) is 0 Å². The third-order valence-electron chi connectivity index (χ3n) is 3.29. The molecular formula is C17H24N2O6S. The number of thioether (sulfide) groups is 1. The van der Waals surface area contributed by atoms with Crippen molar-refractivity contribution in [3.8, 4) is 0 Å². The number of ether oxygens (including phenoxy) is 1. The Labute approximate surface area is 156 Å². The molecule has 0 saturated carbocycles. The van der Waals surface area contributed by atoms with E-state index >= 15 is 0 Å². The molecule has 0 aliphatic heterocycles. The highest BCUT2D eigenvalue weighted by atomic mass is 32.2. The number of hydrogen-bond acceptors (Lipinski definition) is 6. The molecule has 1 amide bonds. The van der Waals surface area contributed by atoms with Gasteiger partial charge in [0.1, 0.15) is 6.04 Å². The normalized spacial score (nSPS) is 13.7. The molecule has 0 saturated heterocycles. The number of aliphatic carboxylic acids is 1. The Kier molecular flexibility index (Phi) is 8.04. The van der Waals surface area contributed by atoms with Crippen molar-refractivity contribution in [3.63, 3.8) is 0 Å². The fourth-order valence-corrected chi connectivity index (χ4v) is 2.81. The molecular weight excluding hydrogens is 360 g/mol. The molecule has 0 radical (unpaired) electrons. The van der Waals surface area contributed by atoms with Gasteiger partial charge < -0.3 is 15.2 Å². The summed E-state index contributed by atoms with van der Waals surface area (Å²) in [5.41, 5.74) is -0.414. The van der Waals surface area contributed by atoms with E-state index in [-0.39, 0.29) is 24.3 Å². The van der Waals surface area contributed by atoms with Crippen LogP contribution in [0.5, 0.6) is 0 Å². The van der Waals surface area contributed by atoms with Crippen molar-refractivity contribution in [3.05, 3.63) is 34.4 Å². The molecule has 2 atom stereocenters. The minimum Gasteiger partial charge on any atom is -0.480 e. The molecule has 0 aromatic heterocycles. The first-order valence-corrected chi connectivity index (χ1v) is 8.96. The summed E-state index contributed by atoms with van der Waals surface area (Å²) >= 11 is 1.20. The van der Waals surface area contributed by atoms with Gasteiger partial charge in [-0.3, -0.25) is 14.9 Å². The molecule has 2 N–H and O–H groups in total. The van der Waals surface area contributed by atoms with Gasteiger partial charge >= 0.3 is 5.97 Å². The molecule has 144 valence electrons. The Morgan fingerprint density at radius 1 is 1.31 bits per heavy atom. The number of nitro benzene ring substituents is 1. The van der Waals surface area contributed by atoms with Gasteiger partial charge in [-0.2, -0.15) is 0 Å². The predicted molar refractivity (Wildman–Crippen MR) is 98.3 cm³/mol. The Balaban J connectivity index is 2.59. The van der Waals surface area contributed by atoms with E-state index in [0.717, 1.165) is 0 Å². The van der Waals surface area contributed by atoms with Crippen LogP contribution in [-0.4, -0.2) is 45.4 Å².